The molecular formula is C58H113NO5. The van der Waals surface area contributed by atoms with Gasteiger partial charge in [-0.05, 0) is 51.4 Å². The molecule has 0 saturated heterocycles. The Balaban J connectivity index is 3.39. The number of nitrogens with one attached hydrogen (secondary N) is 1. The number of carbonyl (C=O) groups is 2. The van der Waals surface area contributed by atoms with Crippen molar-refractivity contribution in [3.63, 3.8) is 0 Å². The summed E-state index contributed by atoms with van der Waals surface area (Å²) in [5.41, 5.74) is 0. The van der Waals surface area contributed by atoms with E-state index in [4.69, 9.17) is 4.74 Å². The highest BCUT2D eigenvalue weighted by atomic mass is 16.5. The zero-order valence-electron chi connectivity index (χ0n) is 43.3. The topological polar surface area (TPSA) is 95.9 Å². The van der Waals surface area contributed by atoms with Crippen molar-refractivity contribution in [1.82, 2.24) is 5.32 Å². The third kappa shape index (κ3) is 50.0. The number of allylic oxidation sites excluding steroid dienone is 2. The summed E-state index contributed by atoms with van der Waals surface area (Å²) >= 11 is 0. The molecule has 0 aromatic carbocycles. The van der Waals surface area contributed by atoms with Crippen LogP contribution in [0.1, 0.15) is 322 Å². The number of esters is 1. The summed E-state index contributed by atoms with van der Waals surface area (Å²) in [4.78, 5) is 24.5. The molecule has 0 bridgehead atoms. The molecule has 1 amide bonds. The standard InChI is InChI=1S/C58H113NO5/c1-3-5-7-9-11-13-15-17-18-20-24-28-32-36-40-44-48-52-58(63)64-53-49-45-41-37-33-29-25-22-19-21-23-27-31-35-39-43-47-51-57(62)59-55(54-60)56(61)50-46-42-38-34-30-26-16-14-12-10-8-6-4-2/h17-18,55-56,60-61H,3-16,19-54H2,1-2H3,(H,59,62)/b18-17-. The maximum atomic E-state index is 12.5. The Bertz CT molecular complexity index is 955. The van der Waals surface area contributed by atoms with Crippen LogP contribution in [0.15, 0.2) is 12.2 Å². The Kier molecular flexibility index (Phi) is 53.0. The smallest absolute Gasteiger partial charge is 0.305 e. The first-order valence-electron chi connectivity index (χ1n) is 28.9. The zero-order valence-corrected chi connectivity index (χ0v) is 43.3. The molecule has 0 rings (SSSR count). The van der Waals surface area contributed by atoms with E-state index in [9.17, 15) is 19.8 Å². The maximum absolute atomic E-state index is 12.5. The predicted molar refractivity (Wildman–Crippen MR) is 278 cm³/mol. The third-order valence-electron chi connectivity index (χ3n) is 13.6. The number of rotatable bonds is 54. The second kappa shape index (κ2) is 54.2. The number of aliphatic hydroxyl groups excluding tert-OH is 2. The lowest BCUT2D eigenvalue weighted by molar-refractivity contribution is -0.143. The van der Waals surface area contributed by atoms with Crippen molar-refractivity contribution in [2.24, 2.45) is 0 Å². The van der Waals surface area contributed by atoms with E-state index < -0.39 is 12.1 Å². The van der Waals surface area contributed by atoms with Gasteiger partial charge >= 0.3 is 5.97 Å². The van der Waals surface area contributed by atoms with Crippen LogP contribution >= 0.6 is 0 Å². The lowest BCUT2D eigenvalue weighted by Gasteiger charge is -2.22. The zero-order chi connectivity index (χ0) is 46.5. The van der Waals surface area contributed by atoms with Crippen molar-refractivity contribution in [2.45, 2.75) is 334 Å². The van der Waals surface area contributed by atoms with Crippen LogP contribution in [-0.4, -0.2) is 47.4 Å². The van der Waals surface area contributed by atoms with E-state index in [-0.39, 0.29) is 18.5 Å². The molecule has 64 heavy (non-hydrogen) atoms. The number of unbranched alkanes of at least 4 members (excludes halogenated alkanes) is 41. The molecule has 0 aliphatic rings. The van der Waals surface area contributed by atoms with Crippen molar-refractivity contribution < 1.29 is 24.5 Å². The first-order valence-corrected chi connectivity index (χ1v) is 28.9. The summed E-state index contributed by atoms with van der Waals surface area (Å²) in [6.45, 7) is 4.95. The molecule has 0 saturated carbocycles. The van der Waals surface area contributed by atoms with Crippen LogP contribution in [0.2, 0.25) is 0 Å². The molecule has 0 aliphatic heterocycles. The Morgan fingerprint density at radius 2 is 0.734 bits per heavy atom. The van der Waals surface area contributed by atoms with Gasteiger partial charge < -0.3 is 20.3 Å². The van der Waals surface area contributed by atoms with Crippen molar-refractivity contribution >= 4 is 11.9 Å². The molecule has 2 unspecified atom stereocenters. The monoisotopic (exact) mass is 904 g/mol. The quantitative estimate of drug-likeness (QED) is 0.0321. The van der Waals surface area contributed by atoms with E-state index in [0.29, 0.717) is 25.9 Å². The van der Waals surface area contributed by atoms with Gasteiger partial charge in [0.2, 0.25) is 5.91 Å². The van der Waals surface area contributed by atoms with Crippen LogP contribution in [0.5, 0.6) is 0 Å². The summed E-state index contributed by atoms with van der Waals surface area (Å²) in [5.74, 6) is -0.0366. The summed E-state index contributed by atoms with van der Waals surface area (Å²) in [6.07, 6.45) is 63.4. The van der Waals surface area contributed by atoms with E-state index in [1.54, 1.807) is 0 Å². The average Bonchev–Trinajstić information content (AvgIpc) is 3.29. The van der Waals surface area contributed by atoms with Crippen LogP contribution in [0.3, 0.4) is 0 Å². The van der Waals surface area contributed by atoms with Gasteiger partial charge in [0.15, 0.2) is 0 Å². The van der Waals surface area contributed by atoms with Gasteiger partial charge in [-0.2, -0.15) is 0 Å². The van der Waals surface area contributed by atoms with E-state index in [1.807, 2.05) is 0 Å². The highest BCUT2D eigenvalue weighted by molar-refractivity contribution is 5.76. The number of ether oxygens (including phenoxy) is 1. The minimum Gasteiger partial charge on any atom is -0.466 e. The summed E-state index contributed by atoms with van der Waals surface area (Å²) < 4.78 is 5.48. The Hall–Kier alpha value is -1.40. The molecule has 2 atom stereocenters. The maximum Gasteiger partial charge on any atom is 0.305 e. The molecule has 380 valence electrons. The highest BCUT2D eigenvalue weighted by Crippen LogP contribution is 2.17. The molecule has 3 N–H and O–H groups in total. The van der Waals surface area contributed by atoms with Crippen LogP contribution in [-0.2, 0) is 14.3 Å². The molecule has 0 radical (unpaired) electrons. The fourth-order valence-electron chi connectivity index (χ4n) is 9.11. The average molecular weight is 905 g/mol. The fourth-order valence-corrected chi connectivity index (χ4v) is 9.11. The first kappa shape index (κ1) is 62.6. The Labute approximate surface area is 399 Å². The number of carbonyl (C=O) groups excluding carboxylic acids is 2. The second-order valence-corrected chi connectivity index (χ2v) is 20.0. The van der Waals surface area contributed by atoms with Crippen LogP contribution in [0, 0.1) is 0 Å². The van der Waals surface area contributed by atoms with E-state index >= 15 is 0 Å². The minimum atomic E-state index is -0.666. The molecule has 0 heterocycles. The van der Waals surface area contributed by atoms with Gasteiger partial charge in [-0.3, -0.25) is 9.59 Å². The van der Waals surface area contributed by atoms with Crippen molar-refractivity contribution in [2.75, 3.05) is 13.2 Å². The largest absolute Gasteiger partial charge is 0.466 e. The molecule has 0 aromatic rings. The van der Waals surface area contributed by atoms with Crippen molar-refractivity contribution in [3.05, 3.63) is 12.2 Å². The van der Waals surface area contributed by atoms with E-state index in [0.717, 1.165) is 44.9 Å². The van der Waals surface area contributed by atoms with E-state index in [1.165, 1.54) is 244 Å². The molecule has 6 nitrogen and oxygen atoms in total. The normalized spacial score (nSPS) is 12.6. The summed E-state index contributed by atoms with van der Waals surface area (Å²) in [7, 11) is 0. The predicted octanol–water partition coefficient (Wildman–Crippen LogP) is 17.7. The highest BCUT2D eigenvalue weighted by Gasteiger charge is 2.20. The number of hydrogen-bond acceptors (Lipinski definition) is 5. The van der Waals surface area contributed by atoms with Crippen molar-refractivity contribution in [3.8, 4) is 0 Å². The number of aliphatic hydroxyl groups is 2. The summed E-state index contributed by atoms with van der Waals surface area (Å²) in [6, 6.07) is -0.544. The van der Waals surface area contributed by atoms with Gasteiger partial charge in [-0.15, -0.1) is 0 Å². The van der Waals surface area contributed by atoms with Gasteiger partial charge in [0, 0.05) is 12.8 Å². The lowest BCUT2D eigenvalue weighted by atomic mass is 10.0. The SMILES string of the molecule is CCCCCCCC/C=C\CCCCCCCCCC(=O)OCCCCCCCCCCCCCCCCCCCC(=O)NC(CO)C(O)CCCCCCCCCCCCCCC. The van der Waals surface area contributed by atoms with Gasteiger partial charge in [-0.1, -0.05) is 270 Å². The molecular weight excluding hydrogens is 791 g/mol. The van der Waals surface area contributed by atoms with Crippen LogP contribution < -0.4 is 5.32 Å². The molecule has 6 heteroatoms. The second-order valence-electron chi connectivity index (χ2n) is 20.0. The van der Waals surface area contributed by atoms with Gasteiger partial charge in [0.1, 0.15) is 0 Å². The van der Waals surface area contributed by atoms with Crippen LogP contribution in [0.4, 0.5) is 0 Å². The molecule has 0 fully saturated rings. The van der Waals surface area contributed by atoms with Gasteiger partial charge in [0.05, 0.1) is 25.4 Å². The fraction of sp³-hybridized carbons (Fsp3) is 0.931. The van der Waals surface area contributed by atoms with Crippen molar-refractivity contribution in [1.29, 1.82) is 0 Å². The van der Waals surface area contributed by atoms with Crippen LogP contribution in [0.25, 0.3) is 0 Å². The molecule has 0 spiro atoms. The summed E-state index contributed by atoms with van der Waals surface area (Å²) in [5, 5.41) is 23.2. The minimum absolute atomic E-state index is 0.00259. The Morgan fingerprint density at radius 1 is 0.422 bits per heavy atom. The Morgan fingerprint density at radius 3 is 1.11 bits per heavy atom. The van der Waals surface area contributed by atoms with E-state index in [2.05, 4.69) is 31.3 Å². The first-order chi connectivity index (χ1) is 31.5. The number of amides is 1. The van der Waals surface area contributed by atoms with Gasteiger partial charge in [-0.25, -0.2) is 0 Å². The van der Waals surface area contributed by atoms with Gasteiger partial charge in [0.25, 0.3) is 0 Å². The third-order valence-corrected chi connectivity index (χ3v) is 13.6. The molecule has 0 aromatic heterocycles. The lowest BCUT2D eigenvalue weighted by Crippen LogP contribution is -2.45. The molecule has 0 aliphatic carbocycles. The number of hydrogen-bond donors (Lipinski definition) is 3.